The standard InChI is InChI=1S/C26H31N3OS/c1-7-29-22-12-17(3)19(13-21(22)18(4)15-26(29,5)6)14-23-24(30)28-25(31-23)27-20-10-8-9-16(2)11-20/h8-14,18H,7,15H2,1-6H3,(H,27,28,30)/b23-14-/t18-/m1/s1. The molecule has 1 atom stereocenters. The third-order valence-electron chi connectivity index (χ3n) is 6.26. The molecule has 0 spiro atoms. The molecule has 0 saturated carbocycles. The van der Waals surface area contributed by atoms with Gasteiger partial charge >= 0.3 is 0 Å². The molecule has 2 aliphatic rings. The van der Waals surface area contributed by atoms with Crippen molar-refractivity contribution in [2.24, 2.45) is 4.99 Å². The van der Waals surface area contributed by atoms with Gasteiger partial charge in [-0.05, 0) is 111 Å². The van der Waals surface area contributed by atoms with Crippen LogP contribution >= 0.6 is 11.8 Å². The third-order valence-corrected chi connectivity index (χ3v) is 7.17. The monoisotopic (exact) mass is 433 g/mol. The van der Waals surface area contributed by atoms with E-state index in [0.29, 0.717) is 16.0 Å². The normalized spacial score (nSPS) is 22.7. The zero-order valence-electron chi connectivity index (χ0n) is 19.2. The van der Waals surface area contributed by atoms with E-state index in [4.69, 9.17) is 0 Å². The highest BCUT2D eigenvalue weighted by molar-refractivity contribution is 8.18. The lowest BCUT2D eigenvalue weighted by Gasteiger charge is -2.47. The van der Waals surface area contributed by atoms with Crippen LogP contribution in [-0.4, -0.2) is 23.2 Å². The Bertz CT molecular complexity index is 1100. The predicted molar refractivity (Wildman–Crippen MR) is 133 cm³/mol. The van der Waals surface area contributed by atoms with Gasteiger partial charge in [0.15, 0.2) is 5.17 Å². The van der Waals surface area contributed by atoms with Gasteiger partial charge < -0.3 is 10.2 Å². The number of aliphatic imine (C=N–C) groups is 1. The Morgan fingerprint density at radius 1 is 1.26 bits per heavy atom. The number of hydrogen-bond acceptors (Lipinski definition) is 4. The van der Waals surface area contributed by atoms with Crippen molar-refractivity contribution < 1.29 is 4.79 Å². The second kappa shape index (κ2) is 8.19. The molecule has 1 saturated heterocycles. The number of rotatable bonds is 3. The zero-order chi connectivity index (χ0) is 22.3. The number of hydrogen-bond donors (Lipinski definition) is 1. The van der Waals surface area contributed by atoms with E-state index in [-0.39, 0.29) is 11.4 Å². The summed E-state index contributed by atoms with van der Waals surface area (Å²) in [6.07, 6.45) is 3.13. The summed E-state index contributed by atoms with van der Waals surface area (Å²) < 4.78 is 0. The fraction of sp³-hybridized carbons (Fsp3) is 0.385. The van der Waals surface area contributed by atoms with Crippen LogP contribution in [0.25, 0.3) is 6.08 Å². The van der Waals surface area contributed by atoms with E-state index >= 15 is 0 Å². The minimum absolute atomic E-state index is 0.0853. The van der Waals surface area contributed by atoms with E-state index in [9.17, 15) is 4.79 Å². The molecule has 2 aromatic rings. The van der Waals surface area contributed by atoms with Gasteiger partial charge in [0.25, 0.3) is 5.91 Å². The predicted octanol–water partition coefficient (Wildman–Crippen LogP) is 6.31. The number of benzene rings is 2. The van der Waals surface area contributed by atoms with Crippen molar-refractivity contribution in [3.8, 4) is 0 Å². The van der Waals surface area contributed by atoms with Crippen molar-refractivity contribution in [1.82, 2.24) is 5.32 Å². The van der Waals surface area contributed by atoms with E-state index < -0.39 is 0 Å². The quantitative estimate of drug-likeness (QED) is 0.577. The van der Waals surface area contributed by atoms with Gasteiger partial charge in [-0.3, -0.25) is 4.79 Å². The van der Waals surface area contributed by atoms with Gasteiger partial charge in [0.05, 0.1) is 10.6 Å². The summed E-state index contributed by atoms with van der Waals surface area (Å²) in [6, 6.07) is 12.6. The third kappa shape index (κ3) is 4.29. The van der Waals surface area contributed by atoms with Gasteiger partial charge in [-0.15, -0.1) is 0 Å². The first-order valence-electron chi connectivity index (χ1n) is 11.0. The lowest BCUT2D eigenvalue weighted by atomic mass is 9.79. The number of nitrogens with one attached hydrogen (secondary N) is 1. The highest BCUT2D eigenvalue weighted by Crippen LogP contribution is 2.44. The van der Waals surface area contributed by atoms with Crippen LogP contribution in [0.15, 0.2) is 46.3 Å². The molecule has 0 radical (unpaired) electrons. The Balaban J connectivity index is 1.67. The van der Waals surface area contributed by atoms with E-state index in [0.717, 1.165) is 29.8 Å². The average Bonchev–Trinajstić information content (AvgIpc) is 3.01. The molecule has 4 rings (SSSR count). The number of anilines is 1. The van der Waals surface area contributed by atoms with Crippen molar-refractivity contribution >= 4 is 40.3 Å². The number of thioether (sulfide) groups is 1. The topological polar surface area (TPSA) is 44.7 Å². The van der Waals surface area contributed by atoms with E-state index in [1.165, 1.54) is 28.6 Å². The second-order valence-electron chi connectivity index (χ2n) is 9.25. The lowest BCUT2D eigenvalue weighted by Crippen LogP contribution is -2.48. The summed E-state index contributed by atoms with van der Waals surface area (Å²) in [7, 11) is 0. The van der Waals surface area contributed by atoms with E-state index in [1.54, 1.807) is 0 Å². The first-order valence-corrected chi connectivity index (χ1v) is 11.8. The highest BCUT2D eigenvalue weighted by atomic mass is 32.2. The second-order valence-corrected chi connectivity index (χ2v) is 10.3. The summed E-state index contributed by atoms with van der Waals surface area (Å²) >= 11 is 1.41. The molecular weight excluding hydrogens is 402 g/mol. The van der Waals surface area contributed by atoms with Gasteiger partial charge in [0.1, 0.15) is 0 Å². The van der Waals surface area contributed by atoms with Crippen LogP contribution < -0.4 is 10.2 Å². The average molecular weight is 434 g/mol. The summed E-state index contributed by atoms with van der Waals surface area (Å²) in [5.74, 6) is 0.395. The molecule has 0 aliphatic carbocycles. The molecule has 0 bridgehead atoms. The van der Waals surface area contributed by atoms with Gasteiger partial charge in [0.2, 0.25) is 0 Å². The van der Waals surface area contributed by atoms with Gasteiger partial charge in [0, 0.05) is 17.8 Å². The molecule has 0 unspecified atom stereocenters. The summed E-state index contributed by atoms with van der Waals surface area (Å²) in [5, 5.41) is 3.54. The Kier molecular flexibility index (Phi) is 5.73. The van der Waals surface area contributed by atoms with Gasteiger partial charge in [-0.2, -0.15) is 0 Å². The molecule has 5 heteroatoms. The minimum Gasteiger partial charge on any atom is -0.366 e. The van der Waals surface area contributed by atoms with Crippen molar-refractivity contribution in [2.75, 3.05) is 11.4 Å². The number of aryl methyl sites for hydroxylation is 2. The van der Waals surface area contributed by atoms with Crippen LogP contribution in [-0.2, 0) is 4.79 Å². The molecule has 1 N–H and O–H groups in total. The van der Waals surface area contributed by atoms with Crippen LogP contribution in [0.4, 0.5) is 11.4 Å². The van der Waals surface area contributed by atoms with Crippen molar-refractivity contribution in [3.05, 3.63) is 63.6 Å². The van der Waals surface area contributed by atoms with E-state index in [1.807, 2.05) is 37.3 Å². The minimum atomic E-state index is -0.0853. The molecule has 1 fully saturated rings. The highest BCUT2D eigenvalue weighted by Gasteiger charge is 2.35. The molecule has 4 nitrogen and oxygen atoms in total. The first kappa shape index (κ1) is 21.7. The van der Waals surface area contributed by atoms with Crippen LogP contribution in [0.1, 0.15) is 62.3 Å². The molecule has 2 heterocycles. The fourth-order valence-corrected chi connectivity index (χ4v) is 5.67. The van der Waals surface area contributed by atoms with Crippen molar-refractivity contribution in [2.45, 2.75) is 59.4 Å². The van der Waals surface area contributed by atoms with Crippen molar-refractivity contribution in [1.29, 1.82) is 0 Å². The number of nitrogens with zero attached hydrogens (tertiary/aromatic N) is 2. The summed E-state index contributed by atoms with van der Waals surface area (Å²) in [5.41, 5.74) is 7.14. The Hall–Kier alpha value is -2.53. The zero-order valence-corrected chi connectivity index (χ0v) is 20.1. The smallest absolute Gasteiger partial charge is 0.264 e. The van der Waals surface area contributed by atoms with E-state index in [2.05, 4.69) is 62.0 Å². The van der Waals surface area contributed by atoms with Crippen LogP contribution in [0, 0.1) is 13.8 Å². The first-order chi connectivity index (χ1) is 14.7. The van der Waals surface area contributed by atoms with Crippen LogP contribution in [0.2, 0.25) is 0 Å². The molecular formula is C26H31N3OS. The molecule has 2 aliphatic heterocycles. The Morgan fingerprint density at radius 2 is 2.03 bits per heavy atom. The van der Waals surface area contributed by atoms with Crippen LogP contribution in [0.3, 0.4) is 0 Å². The van der Waals surface area contributed by atoms with Crippen molar-refractivity contribution in [3.63, 3.8) is 0 Å². The molecule has 31 heavy (non-hydrogen) atoms. The Morgan fingerprint density at radius 3 is 2.74 bits per heavy atom. The number of fused-ring (bicyclic) bond motifs is 1. The van der Waals surface area contributed by atoms with Gasteiger partial charge in [-0.25, -0.2) is 4.99 Å². The number of carbonyl (C=O) groups excluding carboxylic acids is 1. The summed E-state index contributed by atoms with van der Waals surface area (Å²) in [4.78, 5) is 20.4. The van der Waals surface area contributed by atoms with Gasteiger partial charge in [-0.1, -0.05) is 19.1 Å². The lowest BCUT2D eigenvalue weighted by molar-refractivity contribution is -0.115. The maximum Gasteiger partial charge on any atom is 0.264 e. The van der Waals surface area contributed by atoms with Crippen LogP contribution in [0.5, 0.6) is 0 Å². The molecule has 0 aromatic heterocycles. The maximum absolute atomic E-state index is 12.6. The molecule has 162 valence electrons. The fourth-order valence-electron chi connectivity index (χ4n) is 4.84. The SMILES string of the molecule is CCN1c2cc(C)c(/C=C3\SC(=Nc4cccc(C)c4)NC3=O)cc2[C@H](C)CC1(C)C. The Labute approximate surface area is 189 Å². The molecule has 2 aromatic carbocycles. The molecule has 1 amide bonds. The largest absolute Gasteiger partial charge is 0.366 e. The number of amides is 1. The summed E-state index contributed by atoms with van der Waals surface area (Å²) in [6.45, 7) is 14.3. The number of amidine groups is 1. The maximum atomic E-state index is 12.6. The number of carbonyl (C=O) groups is 1.